The van der Waals surface area contributed by atoms with Crippen molar-refractivity contribution in [2.75, 3.05) is 13.1 Å². The molecular weight excluding hydrogens is 106 g/mol. The third-order valence-electron chi connectivity index (χ3n) is 0.920. The molecule has 1 radical (unpaired) electrons. The summed E-state index contributed by atoms with van der Waals surface area (Å²) < 4.78 is 0. The van der Waals surface area contributed by atoms with Gasteiger partial charge in [-0.25, -0.2) is 0 Å². The average Bonchev–Trinajstić information content (AvgIpc) is 1.64. The Morgan fingerprint density at radius 1 is 1.25 bits per heavy atom. The quantitative estimate of drug-likeness (QED) is 0.434. The smallest absolute Gasteiger partial charge is 0.158 e. The van der Waals surface area contributed by atoms with Crippen LogP contribution in [0, 0.1) is 6.42 Å². The number of piperidine rings is 1. The van der Waals surface area contributed by atoms with Crippen LogP contribution >= 0.6 is 0 Å². The molecule has 1 saturated heterocycles. The van der Waals surface area contributed by atoms with E-state index in [9.17, 15) is 9.59 Å². The molecule has 8 heavy (non-hydrogen) atoms. The Hall–Kier alpha value is -0.700. The molecule has 0 saturated carbocycles. The van der Waals surface area contributed by atoms with Crippen molar-refractivity contribution in [3.8, 4) is 0 Å². The number of ketones is 2. The molecule has 0 atom stereocenters. The number of hydrogen-bond donors (Lipinski definition) is 1. The van der Waals surface area contributed by atoms with E-state index in [1.807, 2.05) is 0 Å². The van der Waals surface area contributed by atoms with Crippen molar-refractivity contribution < 1.29 is 9.59 Å². The van der Waals surface area contributed by atoms with Crippen LogP contribution < -0.4 is 5.32 Å². The van der Waals surface area contributed by atoms with Crippen LogP contribution in [-0.2, 0) is 9.59 Å². The van der Waals surface area contributed by atoms with E-state index in [2.05, 4.69) is 5.32 Å². The van der Waals surface area contributed by atoms with Gasteiger partial charge in [-0.3, -0.25) is 9.59 Å². The van der Waals surface area contributed by atoms with Crippen molar-refractivity contribution in [3.63, 3.8) is 0 Å². The normalized spacial score (nSPS) is 21.5. The monoisotopic (exact) mass is 112 g/mol. The SMILES string of the molecule is O=C1[CH]C(=O)CNC1. The Morgan fingerprint density at radius 2 is 1.75 bits per heavy atom. The minimum absolute atomic E-state index is 0.124. The van der Waals surface area contributed by atoms with E-state index in [1.165, 1.54) is 0 Å². The molecule has 0 spiro atoms. The lowest BCUT2D eigenvalue weighted by molar-refractivity contribution is -0.123. The van der Waals surface area contributed by atoms with Crippen molar-refractivity contribution in [3.05, 3.63) is 6.42 Å². The number of carbonyl (C=O) groups excluding carboxylic acids is 2. The minimum atomic E-state index is -0.124. The van der Waals surface area contributed by atoms with Gasteiger partial charge in [-0.1, -0.05) is 0 Å². The molecule has 0 amide bonds. The molecule has 43 valence electrons. The largest absolute Gasteiger partial charge is 0.303 e. The van der Waals surface area contributed by atoms with Crippen LogP contribution in [-0.4, -0.2) is 24.7 Å². The van der Waals surface area contributed by atoms with E-state index in [0.717, 1.165) is 6.42 Å². The van der Waals surface area contributed by atoms with Crippen LogP contribution in [0.15, 0.2) is 0 Å². The maximum Gasteiger partial charge on any atom is 0.158 e. The van der Waals surface area contributed by atoms with Crippen LogP contribution in [0.5, 0.6) is 0 Å². The van der Waals surface area contributed by atoms with Crippen molar-refractivity contribution >= 4 is 11.6 Å². The maximum absolute atomic E-state index is 10.3. The second-order valence-electron chi connectivity index (χ2n) is 1.68. The molecule has 3 nitrogen and oxygen atoms in total. The number of carbonyl (C=O) groups is 2. The predicted octanol–water partition coefficient (Wildman–Crippen LogP) is -1.07. The third kappa shape index (κ3) is 1.13. The highest BCUT2D eigenvalue weighted by atomic mass is 16.2. The molecule has 0 aromatic heterocycles. The number of Topliss-reactive ketones (excluding diaryl/α,β-unsaturated/α-hetero) is 2. The van der Waals surface area contributed by atoms with E-state index in [0.29, 0.717) is 13.1 Å². The summed E-state index contributed by atoms with van der Waals surface area (Å²) in [6, 6.07) is 0. The first-order chi connectivity index (χ1) is 3.79. The summed E-state index contributed by atoms with van der Waals surface area (Å²) in [5.41, 5.74) is 0. The van der Waals surface area contributed by atoms with Crippen molar-refractivity contribution in [1.29, 1.82) is 0 Å². The Bertz CT molecular complexity index is 116. The minimum Gasteiger partial charge on any atom is -0.303 e. The van der Waals surface area contributed by atoms with Gasteiger partial charge in [0.2, 0.25) is 0 Å². The summed E-state index contributed by atoms with van der Waals surface area (Å²) in [6.07, 6.45) is 1.14. The van der Waals surface area contributed by atoms with Crippen LogP contribution in [0.3, 0.4) is 0 Å². The first-order valence-corrected chi connectivity index (χ1v) is 2.40. The average molecular weight is 112 g/mol. The molecule has 0 aromatic carbocycles. The lowest BCUT2D eigenvalue weighted by atomic mass is 10.1. The van der Waals surface area contributed by atoms with Crippen molar-refractivity contribution in [2.24, 2.45) is 0 Å². The first-order valence-electron chi connectivity index (χ1n) is 2.40. The van der Waals surface area contributed by atoms with Crippen LogP contribution in [0.1, 0.15) is 0 Å². The molecule has 3 heteroatoms. The molecular formula is C5H6NO2. The third-order valence-corrected chi connectivity index (χ3v) is 0.920. The summed E-state index contributed by atoms with van der Waals surface area (Å²) in [6.45, 7) is 0.622. The Labute approximate surface area is 47.1 Å². The van der Waals surface area contributed by atoms with E-state index < -0.39 is 0 Å². The number of nitrogens with one attached hydrogen (secondary N) is 1. The maximum atomic E-state index is 10.3. The van der Waals surface area contributed by atoms with Gasteiger partial charge in [-0.05, 0) is 0 Å². The molecule has 0 aromatic rings. The van der Waals surface area contributed by atoms with E-state index in [4.69, 9.17) is 0 Å². The predicted molar refractivity (Wildman–Crippen MR) is 27.2 cm³/mol. The Kier molecular flexibility index (Phi) is 1.39. The first kappa shape index (κ1) is 5.44. The number of hydrogen-bond acceptors (Lipinski definition) is 3. The molecule has 0 bridgehead atoms. The Morgan fingerprint density at radius 3 is 2.00 bits per heavy atom. The van der Waals surface area contributed by atoms with Gasteiger partial charge in [0.25, 0.3) is 0 Å². The van der Waals surface area contributed by atoms with Crippen LogP contribution in [0.2, 0.25) is 0 Å². The van der Waals surface area contributed by atoms with Gasteiger partial charge < -0.3 is 5.32 Å². The van der Waals surface area contributed by atoms with Gasteiger partial charge in [0.1, 0.15) is 0 Å². The molecule has 1 heterocycles. The zero-order valence-corrected chi connectivity index (χ0v) is 4.31. The lowest BCUT2D eigenvalue weighted by Gasteiger charge is -2.06. The highest BCUT2D eigenvalue weighted by Gasteiger charge is 2.14. The highest BCUT2D eigenvalue weighted by molar-refractivity contribution is 6.13. The number of rotatable bonds is 0. The van der Waals surface area contributed by atoms with E-state index in [-0.39, 0.29) is 11.6 Å². The second-order valence-corrected chi connectivity index (χ2v) is 1.68. The van der Waals surface area contributed by atoms with E-state index in [1.54, 1.807) is 0 Å². The zero-order chi connectivity index (χ0) is 5.98. The molecule has 0 aliphatic carbocycles. The van der Waals surface area contributed by atoms with Crippen LogP contribution in [0.25, 0.3) is 0 Å². The van der Waals surface area contributed by atoms with Gasteiger partial charge in [-0.2, -0.15) is 0 Å². The highest BCUT2D eigenvalue weighted by Crippen LogP contribution is 1.87. The summed E-state index contributed by atoms with van der Waals surface area (Å²) in [4.78, 5) is 20.7. The molecule has 1 fully saturated rings. The van der Waals surface area contributed by atoms with Gasteiger partial charge in [0, 0.05) is 0 Å². The lowest BCUT2D eigenvalue weighted by Crippen LogP contribution is -2.37. The fourth-order valence-electron chi connectivity index (χ4n) is 0.591. The fourth-order valence-corrected chi connectivity index (χ4v) is 0.591. The standard InChI is InChI=1S/C5H6NO2/c7-4-1-5(8)3-6-2-4/h1,6H,2-3H2. The molecule has 1 N–H and O–H groups in total. The summed E-state index contributed by atoms with van der Waals surface area (Å²) >= 11 is 0. The van der Waals surface area contributed by atoms with Gasteiger partial charge in [0.05, 0.1) is 19.5 Å². The van der Waals surface area contributed by atoms with Gasteiger partial charge in [-0.15, -0.1) is 0 Å². The molecule has 0 unspecified atom stereocenters. The topological polar surface area (TPSA) is 46.2 Å². The van der Waals surface area contributed by atoms with Gasteiger partial charge >= 0.3 is 0 Å². The second kappa shape index (κ2) is 2.05. The van der Waals surface area contributed by atoms with Crippen molar-refractivity contribution in [2.45, 2.75) is 0 Å². The summed E-state index contributed by atoms with van der Waals surface area (Å²) in [5, 5.41) is 2.65. The van der Waals surface area contributed by atoms with Crippen LogP contribution in [0.4, 0.5) is 0 Å². The summed E-state index contributed by atoms with van der Waals surface area (Å²) in [5.74, 6) is -0.248. The molecule has 1 aliphatic rings. The van der Waals surface area contributed by atoms with Crippen molar-refractivity contribution in [1.82, 2.24) is 5.32 Å². The molecule has 1 aliphatic heterocycles. The zero-order valence-electron chi connectivity index (χ0n) is 4.31. The molecule has 1 rings (SSSR count). The fraction of sp³-hybridized carbons (Fsp3) is 0.400. The van der Waals surface area contributed by atoms with Gasteiger partial charge in [0.15, 0.2) is 11.6 Å². The Balaban J connectivity index is 2.45. The van der Waals surface area contributed by atoms with E-state index >= 15 is 0 Å². The summed E-state index contributed by atoms with van der Waals surface area (Å²) in [7, 11) is 0.